The van der Waals surface area contributed by atoms with Crippen molar-refractivity contribution in [3.63, 3.8) is 0 Å². The van der Waals surface area contributed by atoms with Crippen LogP contribution in [0.5, 0.6) is 11.8 Å². The van der Waals surface area contributed by atoms with Crippen molar-refractivity contribution in [3.05, 3.63) is 68.8 Å². The number of ether oxygens (including phenoxy) is 2. The Labute approximate surface area is 326 Å². The number of carbonyl (C=O) groups excluding carboxylic acids is 2. The Morgan fingerprint density at radius 1 is 0.815 bits per heavy atom. The molecule has 1 fully saturated rings. The van der Waals surface area contributed by atoms with Gasteiger partial charge in [0.25, 0.3) is 6.04 Å². The van der Waals surface area contributed by atoms with Gasteiger partial charge in [-0.05, 0) is 51.4 Å². The van der Waals surface area contributed by atoms with Crippen molar-refractivity contribution >= 4 is 11.6 Å². The highest BCUT2D eigenvalue weighted by molar-refractivity contribution is 6.00. The number of fused-ring (bicyclic) bond motifs is 6. The number of Topliss-reactive ketones (excluding diaryl/α,β-unsaturated/α-hetero) is 2. The average molecular weight is 743 g/mol. The Kier molecular flexibility index (Phi) is 12.5. The third-order valence-electron chi connectivity index (χ3n) is 11.9. The number of nitrogens with zero attached hydrogens (tertiary/aromatic N) is 6. The van der Waals surface area contributed by atoms with Gasteiger partial charge in [0.2, 0.25) is 23.2 Å². The summed E-state index contributed by atoms with van der Waals surface area (Å²) in [5.41, 5.74) is 3.12. The molecule has 2 aromatic rings. The van der Waals surface area contributed by atoms with Gasteiger partial charge in [-0.2, -0.15) is 9.97 Å². The predicted molar refractivity (Wildman–Crippen MR) is 214 cm³/mol. The molecule has 2 aromatic heterocycles. The van der Waals surface area contributed by atoms with E-state index >= 15 is 0 Å². The second kappa shape index (κ2) is 15.9. The molecule has 6 rings (SSSR count). The molecule has 0 aliphatic heterocycles. The summed E-state index contributed by atoms with van der Waals surface area (Å²) in [6.07, 6.45) is 5.81. The largest absolute Gasteiger partial charge is 0.478 e. The van der Waals surface area contributed by atoms with Crippen molar-refractivity contribution in [1.29, 1.82) is 0 Å². The van der Waals surface area contributed by atoms with E-state index in [1.165, 1.54) is 7.40 Å². The monoisotopic (exact) mass is 743 g/mol. The van der Waals surface area contributed by atoms with E-state index in [-0.39, 0.29) is 64.6 Å². The molecule has 2 heterocycles. The standard InChI is InChI=1S/C21H29N3O2.C21H27N3O2.2CH4/c2*1-8-26-18-13-9-10-14-12(2)16(25)15(22-7)11-21(14,6)17(13)23-19(24-18)20(3,4)5;;/h12,14-15H,8-11H2,1-6H3;11-12,14H,8-10H2,1-6H3;2*1H4/t12-,14-,15?,21-;12-,14-,21-;;/m00../s1/i;;1T;. The molecular weight excluding hydrogens is 677 g/mol. The third kappa shape index (κ3) is 7.55. The van der Waals surface area contributed by atoms with Gasteiger partial charge in [0.1, 0.15) is 11.6 Å². The molecular formula is C44H64N6O4. The van der Waals surface area contributed by atoms with Crippen LogP contribution in [0.2, 0.25) is 0 Å². The van der Waals surface area contributed by atoms with Gasteiger partial charge in [-0.3, -0.25) is 4.79 Å². The van der Waals surface area contributed by atoms with Crippen molar-refractivity contribution < 1.29 is 20.4 Å². The Morgan fingerprint density at radius 3 is 1.76 bits per heavy atom. The molecule has 7 atom stereocenters. The first-order valence-corrected chi connectivity index (χ1v) is 18.9. The van der Waals surface area contributed by atoms with Gasteiger partial charge in [-0.25, -0.2) is 21.4 Å². The first-order chi connectivity index (χ1) is 25.3. The van der Waals surface area contributed by atoms with Gasteiger partial charge in [0.05, 0.1) is 31.2 Å². The lowest BCUT2D eigenvalue weighted by molar-refractivity contribution is -0.129. The van der Waals surface area contributed by atoms with E-state index in [9.17, 15) is 9.59 Å². The molecule has 1 unspecified atom stereocenters. The zero-order valence-electron chi connectivity index (χ0n) is 35.2. The van der Waals surface area contributed by atoms with Crippen molar-refractivity contribution in [2.45, 2.75) is 158 Å². The summed E-state index contributed by atoms with van der Waals surface area (Å²) in [6, 6.07) is -0.569. The number of rotatable bonds is 4. The summed E-state index contributed by atoms with van der Waals surface area (Å²) < 4.78 is 17.5. The number of carbonyl (C=O) groups is 2. The molecule has 0 radical (unpaired) electrons. The first-order valence-electron chi connectivity index (χ1n) is 19.9. The maximum Gasteiger partial charge on any atom is 0.282 e. The van der Waals surface area contributed by atoms with Gasteiger partial charge < -0.3 is 19.1 Å². The zero-order chi connectivity index (χ0) is 40.6. The Bertz CT molecular complexity index is 1880. The number of aromatic nitrogens is 4. The first kappa shape index (κ1) is 42.6. The fourth-order valence-corrected chi connectivity index (χ4v) is 9.01. The van der Waals surface area contributed by atoms with Crippen LogP contribution in [0.3, 0.4) is 0 Å². The number of ketones is 2. The van der Waals surface area contributed by atoms with E-state index in [0.29, 0.717) is 31.4 Å². The molecule has 0 amide bonds. The molecule has 294 valence electrons. The third-order valence-corrected chi connectivity index (χ3v) is 11.9. The van der Waals surface area contributed by atoms with Crippen LogP contribution in [0.25, 0.3) is 9.69 Å². The van der Waals surface area contributed by atoms with Gasteiger partial charge in [0, 0.05) is 52.4 Å². The summed E-state index contributed by atoms with van der Waals surface area (Å²) in [7, 11) is 1.25. The maximum atomic E-state index is 12.6. The maximum absolute atomic E-state index is 12.6. The number of hydrogen-bond acceptors (Lipinski definition) is 8. The molecule has 4 aliphatic rings. The van der Waals surface area contributed by atoms with Crippen LogP contribution in [0.15, 0.2) is 11.8 Å². The Morgan fingerprint density at radius 2 is 1.30 bits per heavy atom. The van der Waals surface area contributed by atoms with E-state index in [2.05, 4.69) is 65.1 Å². The average Bonchev–Trinajstić information content (AvgIpc) is 3.12. The SMILES string of the molecule is C.[3H]C.[C-]#[N+]C1=C[C@]2(C)c3nc(C(C)(C)C)nc(OCC)c3CC[C@H]2[C@H](C)C1=O.[C-]#[N+]C1C[C@]2(C)c3nc(C(C)(C)C)nc(OCC)c3CC[C@H]2[C@H](C)C1=O. The minimum Gasteiger partial charge on any atom is -0.478 e. The van der Waals surface area contributed by atoms with E-state index in [1.54, 1.807) is 0 Å². The van der Waals surface area contributed by atoms with Crippen molar-refractivity contribution in [2.75, 3.05) is 13.2 Å². The van der Waals surface area contributed by atoms with E-state index in [0.717, 1.165) is 59.8 Å². The summed E-state index contributed by atoms with van der Waals surface area (Å²) in [5.74, 6) is 2.99. The van der Waals surface area contributed by atoms with Gasteiger partial charge in [0.15, 0.2) is 5.78 Å². The van der Waals surface area contributed by atoms with Gasteiger partial charge in [-0.15, -0.1) is 0 Å². The molecule has 0 saturated heterocycles. The molecule has 54 heavy (non-hydrogen) atoms. The van der Waals surface area contributed by atoms with Crippen LogP contribution >= 0.6 is 0 Å². The minimum absolute atomic E-state index is 0. The molecule has 0 spiro atoms. The predicted octanol–water partition coefficient (Wildman–Crippen LogP) is 9.18. The lowest BCUT2D eigenvalue weighted by Gasteiger charge is -2.47. The summed E-state index contributed by atoms with van der Waals surface area (Å²) in [6.45, 7) is 40.7. The second-order valence-corrected chi connectivity index (χ2v) is 17.5. The number of allylic oxidation sites excluding steroid dienone is 2. The molecule has 4 aliphatic carbocycles. The van der Waals surface area contributed by atoms with Gasteiger partial charge in [-0.1, -0.05) is 90.1 Å². The van der Waals surface area contributed by atoms with Crippen LogP contribution in [-0.4, -0.2) is 50.8 Å². The van der Waals surface area contributed by atoms with Crippen LogP contribution in [0, 0.1) is 36.8 Å². The fourth-order valence-electron chi connectivity index (χ4n) is 9.01. The molecule has 10 heteroatoms. The molecule has 10 nitrogen and oxygen atoms in total. The van der Waals surface area contributed by atoms with Crippen LogP contribution < -0.4 is 9.47 Å². The summed E-state index contributed by atoms with van der Waals surface area (Å²) in [4.78, 5) is 51.7. The van der Waals surface area contributed by atoms with E-state index in [4.69, 9.17) is 43.9 Å². The molecule has 1 saturated carbocycles. The van der Waals surface area contributed by atoms with Crippen molar-refractivity contribution in [2.24, 2.45) is 23.7 Å². The molecule has 0 bridgehead atoms. The lowest BCUT2D eigenvalue weighted by Crippen LogP contribution is -2.52. The van der Waals surface area contributed by atoms with Crippen LogP contribution in [0.1, 0.15) is 153 Å². The smallest absolute Gasteiger partial charge is 0.282 e. The highest BCUT2D eigenvalue weighted by Crippen LogP contribution is 2.53. The van der Waals surface area contributed by atoms with Crippen LogP contribution in [-0.2, 0) is 44.1 Å². The van der Waals surface area contributed by atoms with Crippen molar-refractivity contribution in [1.82, 2.24) is 19.9 Å². The molecule has 0 aromatic carbocycles. The number of hydrogen-bond donors (Lipinski definition) is 0. The quantitative estimate of drug-likeness (QED) is 0.285. The van der Waals surface area contributed by atoms with Crippen molar-refractivity contribution in [3.8, 4) is 11.8 Å². The highest BCUT2D eigenvalue weighted by Gasteiger charge is 2.56. The normalized spacial score (nSPS) is 28.5. The zero-order valence-corrected chi connectivity index (χ0v) is 34.2. The summed E-state index contributed by atoms with van der Waals surface area (Å²) >= 11 is 0. The minimum atomic E-state index is -0.569. The fraction of sp³-hybridized carbons (Fsp3) is 0.682. The van der Waals surface area contributed by atoms with Crippen LogP contribution in [0.4, 0.5) is 0 Å². The Balaban J connectivity index is 0.000000278. The highest BCUT2D eigenvalue weighted by atomic mass is 16.5. The van der Waals surface area contributed by atoms with E-state index < -0.39 is 11.5 Å². The van der Waals surface area contributed by atoms with E-state index in [1.807, 2.05) is 33.8 Å². The second-order valence-electron chi connectivity index (χ2n) is 17.5. The lowest BCUT2D eigenvalue weighted by atomic mass is 9.55. The topological polar surface area (TPSA) is 113 Å². The molecule has 0 N–H and O–H groups in total. The Hall–Kier alpha value is -4.18. The van der Waals surface area contributed by atoms with Gasteiger partial charge >= 0.3 is 0 Å². The summed E-state index contributed by atoms with van der Waals surface area (Å²) in [5, 5.41) is 0.